The van der Waals surface area contributed by atoms with Crippen molar-refractivity contribution < 1.29 is 14.3 Å². The van der Waals surface area contributed by atoms with Gasteiger partial charge in [0.05, 0.1) is 12.9 Å². The topological polar surface area (TPSA) is 69.5 Å². The molecular weight excluding hydrogens is 388 g/mol. The largest absolute Gasteiger partial charge is 0.497 e. The third kappa shape index (κ3) is 4.22. The Kier molecular flexibility index (Phi) is 5.71. The van der Waals surface area contributed by atoms with E-state index >= 15 is 0 Å². The van der Waals surface area contributed by atoms with Crippen molar-refractivity contribution in [3.05, 3.63) is 59.9 Å². The van der Waals surface area contributed by atoms with Gasteiger partial charge in [0.2, 0.25) is 5.91 Å². The number of benzene rings is 2. The summed E-state index contributed by atoms with van der Waals surface area (Å²) in [6.45, 7) is 1.03. The van der Waals surface area contributed by atoms with Crippen molar-refractivity contribution in [1.82, 2.24) is 14.8 Å². The van der Waals surface area contributed by atoms with E-state index in [9.17, 15) is 4.79 Å². The highest BCUT2D eigenvalue weighted by Gasteiger charge is 2.24. The molecule has 0 bridgehead atoms. The van der Waals surface area contributed by atoms with Gasteiger partial charge in [0.1, 0.15) is 18.1 Å². The maximum absolute atomic E-state index is 12.7. The Hall–Kier alpha value is -3.00. The minimum absolute atomic E-state index is 0.0824. The summed E-state index contributed by atoms with van der Waals surface area (Å²) in [6, 6.07) is 15.4. The summed E-state index contributed by atoms with van der Waals surface area (Å²) in [6.07, 6.45) is 0.906. The summed E-state index contributed by atoms with van der Waals surface area (Å²) >= 11 is 1.39. The molecule has 2 heterocycles. The summed E-state index contributed by atoms with van der Waals surface area (Å²) in [7, 11) is 3.51. The monoisotopic (exact) mass is 410 g/mol. The molecule has 0 unspecified atom stereocenters. The molecule has 150 valence electrons. The molecule has 3 aromatic rings. The van der Waals surface area contributed by atoms with Crippen LogP contribution in [0.5, 0.6) is 11.5 Å². The van der Waals surface area contributed by atoms with Gasteiger partial charge in [-0.05, 0) is 42.3 Å². The highest BCUT2D eigenvalue weighted by molar-refractivity contribution is 7.99. The summed E-state index contributed by atoms with van der Waals surface area (Å²) in [4.78, 5) is 14.5. The lowest BCUT2D eigenvalue weighted by molar-refractivity contribution is -0.116. The highest BCUT2D eigenvalue weighted by Crippen LogP contribution is 2.28. The van der Waals surface area contributed by atoms with Crippen LogP contribution in [0.4, 0.5) is 5.69 Å². The highest BCUT2D eigenvalue weighted by atomic mass is 32.2. The molecule has 2 aromatic carbocycles. The number of carbonyl (C=O) groups excluding carboxylic acids is 1. The Balaban J connectivity index is 1.33. The predicted octanol–water partition coefficient (Wildman–Crippen LogP) is 3.08. The van der Waals surface area contributed by atoms with Crippen LogP contribution in [-0.2, 0) is 24.9 Å². The van der Waals surface area contributed by atoms with Crippen LogP contribution in [-0.4, -0.2) is 40.1 Å². The normalized spacial score (nSPS) is 12.7. The number of methoxy groups -OCH3 is 1. The Labute approximate surface area is 173 Å². The van der Waals surface area contributed by atoms with Crippen LogP contribution in [0.15, 0.2) is 53.7 Å². The van der Waals surface area contributed by atoms with Crippen LogP contribution >= 0.6 is 11.8 Å². The van der Waals surface area contributed by atoms with Crippen molar-refractivity contribution >= 4 is 23.4 Å². The van der Waals surface area contributed by atoms with E-state index in [0.717, 1.165) is 30.2 Å². The van der Waals surface area contributed by atoms with Crippen molar-refractivity contribution in [2.45, 2.75) is 18.2 Å². The molecule has 0 radical (unpaired) electrons. The molecule has 0 fully saturated rings. The summed E-state index contributed by atoms with van der Waals surface area (Å²) in [5, 5.41) is 9.09. The number of carbonyl (C=O) groups is 1. The second-order valence-corrected chi connectivity index (χ2v) is 7.58. The fourth-order valence-corrected chi connectivity index (χ4v) is 4.02. The van der Waals surface area contributed by atoms with E-state index in [-0.39, 0.29) is 5.91 Å². The van der Waals surface area contributed by atoms with Crippen LogP contribution in [0.25, 0.3) is 0 Å². The van der Waals surface area contributed by atoms with Crippen LogP contribution in [0.2, 0.25) is 0 Å². The van der Waals surface area contributed by atoms with Crippen LogP contribution in [0.1, 0.15) is 11.4 Å². The van der Waals surface area contributed by atoms with Gasteiger partial charge in [0, 0.05) is 19.3 Å². The van der Waals surface area contributed by atoms with Crippen molar-refractivity contribution in [2.75, 3.05) is 24.3 Å². The number of nitrogens with zero attached hydrogens (tertiary/aromatic N) is 4. The molecule has 7 nitrogen and oxygen atoms in total. The second kappa shape index (κ2) is 8.57. The number of hydrogen-bond donors (Lipinski definition) is 0. The van der Waals surface area contributed by atoms with E-state index in [4.69, 9.17) is 9.47 Å². The molecule has 0 N–H and O–H groups in total. The van der Waals surface area contributed by atoms with Crippen molar-refractivity contribution in [2.24, 2.45) is 7.05 Å². The summed E-state index contributed by atoms with van der Waals surface area (Å²) in [5.41, 5.74) is 2.24. The molecule has 1 aliphatic rings. The molecule has 29 heavy (non-hydrogen) atoms. The number of amides is 1. The number of aromatic nitrogens is 3. The Morgan fingerprint density at radius 1 is 1.10 bits per heavy atom. The quantitative estimate of drug-likeness (QED) is 0.558. The lowest BCUT2D eigenvalue weighted by Crippen LogP contribution is -2.30. The average molecular weight is 410 g/mol. The third-order valence-corrected chi connectivity index (χ3v) is 5.87. The Morgan fingerprint density at radius 2 is 1.86 bits per heavy atom. The third-order valence-electron chi connectivity index (χ3n) is 4.87. The van der Waals surface area contributed by atoms with Crippen molar-refractivity contribution in [3.63, 3.8) is 0 Å². The van der Waals surface area contributed by atoms with E-state index < -0.39 is 0 Å². The number of anilines is 1. The van der Waals surface area contributed by atoms with Gasteiger partial charge in [-0.3, -0.25) is 4.79 Å². The maximum atomic E-state index is 12.7. The van der Waals surface area contributed by atoms with Gasteiger partial charge in [-0.2, -0.15) is 0 Å². The summed E-state index contributed by atoms with van der Waals surface area (Å²) < 4.78 is 12.8. The molecule has 0 aliphatic carbocycles. The molecule has 0 atom stereocenters. The van der Waals surface area contributed by atoms with Crippen LogP contribution in [0.3, 0.4) is 0 Å². The number of rotatable bonds is 7. The SMILES string of the molecule is COc1ccc(OCc2nnc(SCC(=O)N3CCc4ccccc43)n2C)cc1. The number of hydrogen-bond acceptors (Lipinski definition) is 6. The maximum Gasteiger partial charge on any atom is 0.237 e. The van der Waals surface area contributed by atoms with E-state index in [0.29, 0.717) is 23.3 Å². The second-order valence-electron chi connectivity index (χ2n) is 6.63. The Bertz CT molecular complexity index is 1000. The van der Waals surface area contributed by atoms with Gasteiger partial charge in [0.15, 0.2) is 11.0 Å². The predicted molar refractivity (Wildman–Crippen MR) is 112 cm³/mol. The minimum Gasteiger partial charge on any atom is -0.497 e. The number of thioether (sulfide) groups is 1. The van der Waals surface area contributed by atoms with E-state index in [1.54, 1.807) is 7.11 Å². The molecule has 0 spiro atoms. The van der Waals surface area contributed by atoms with Gasteiger partial charge in [-0.1, -0.05) is 30.0 Å². The first kappa shape index (κ1) is 19.3. The fourth-order valence-electron chi connectivity index (χ4n) is 3.22. The molecule has 0 saturated carbocycles. The number of ether oxygens (including phenoxy) is 2. The first-order chi connectivity index (χ1) is 14.2. The molecule has 4 rings (SSSR count). The average Bonchev–Trinajstić information content (AvgIpc) is 3.34. The molecule has 8 heteroatoms. The lowest BCUT2D eigenvalue weighted by atomic mass is 10.2. The molecule has 1 aliphatic heterocycles. The van der Waals surface area contributed by atoms with E-state index in [1.807, 2.05) is 59.0 Å². The zero-order chi connectivity index (χ0) is 20.2. The first-order valence-corrected chi connectivity index (χ1v) is 10.3. The molecule has 1 amide bonds. The summed E-state index contributed by atoms with van der Waals surface area (Å²) in [5.74, 6) is 2.60. The lowest BCUT2D eigenvalue weighted by Gasteiger charge is -2.16. The van der Waals surface area contributed by atoms with Crippen LogP contribution in [0, 0.1) is 0 Å². The van der Waals surface area contributed by atoms with E-state index in [1.165, 1.54) is 17.3 Å². The zero-order valence-corrected chi connectivity index (χ0v) is 17.2. The van der Waals surface area contributed by atoms with E-state index in [2.05, 4.69) is 16.3 Å². The number of para-hydroxylation sites is 1. The van der Waals surface area contributed by atoms with Crippen molar-refractivity contribution in [1.29, 1.82) is 0 Å². The van der Waals surface area contributed by atoms with Crippen molar-refractivity contribution in [3.8, 4) is 11.5 Å². The molecular formula is C21H22N4O3S. The first-order valence-electron chi connectivity index (χ1n) is 9.32. The Morgan fingerprint density at radius 3 is 2.66 bits per heavy atom. The fraction of sp³-hybridized carbons (Fsp3) is 0.286. The van der Waals surface area contributed by atoms with Gasteiger partial charge >= 0.3 is 0 Å². The van der Waals surface area contributed by atoms with Gasteiger partial charge in [-0.25, -0.2) is 0 Å². The van der Waals surface area contributed by atoms with Gasteiger partial charge < -0.3 is 18.9 Å². The van der Waals surface area contributed by atoms with Crippen LogP contribution < -0.4 is 14.4 Å². The molecule has 0 saturated heterocycles. The van der Waals surface area contributed by atoms with Gasteiger partial charge in [-0.15, -0.1) is 10.2 Å². The zero-order valence-electron chi connectivity index (χ0n) is 16.4. The minimum atomic E-state index is 0.0824. The van der Waals surface area contributed by atoms with Gasteiger partial charge in [0.25, 0.3) is 0 Å². The number of fused-ring (bicyclic) bond motifs is 1. The standard InChI is InChI=1S/C21H22N4O3S/c1-24-19(13-28-17-9-7-16(27-2)8-10-17)22-23-21(24)29-14-20(26)25-12-11-15-5-3-4-6-18(15)25/h3-10H,11-14H2,1-2H3. The molecule has 1 aromatic heterocycles. The smallest absolute Gasteiger partial charge is 0.237 e.